The number of hydrogen-bond donors (Lipinski definition) is 0. The van der Waals surface area contributed by atoms with Crippen molar-refractivity contribution in [2.24, 2.45) is 0 Å². The lowest BCUT2D eigenvalue weighted by Gasteiger charge is -2.26. The second kappa shape index (κ2) is 9.20. The van der Waals surface area contributed by atoms with Crippen molar-refractivity contribution in [2.75, 3.05) is 23.0 Å². The molecule has 0 bridgehead atoms. The lowest BCUT2D eigenvalue weighted by molar-refractivity contribution is 0.310. The van der Waals surface area contributed by atoms with Gasteiger partial charge in [-0.3, -0.25) is 0 Å². The number of ether oxygens (including phenoxy) is 1. The van der Waals surface area contributed by atoms with Crippen LogP contribution in [-0.4, -0.2) is 18.1 Å². The number of benzene rings is 3. The van der Waals surface area contributed by atoms with Gasteiger partial charge in [0.2, 0.25) is 0 Å². The van der Waals surface area contributed by atoms with Gasteiger partial charge < -0.3 is 9.64 Å². The zero-order valence-corrected chi connectivity index (χ0v) is 17.3. The van der Waals surface area contributed by atoms with E-state index >= 15 is 0 Å². The van der Waals surface area contributed by atoms with Crippen molar-refractivity contribution < 1.29 is 4.74 Å². The van der Waals surface area contributed by atoms with E-state index < -0.39 is 0 Å². The second-order valence-corrected chi connectivity index (χ2v) is 9.34. The minimum atomic E-state index is 0.340. The summed E-state index contributed by atoms with van der Waals surface area (Å²) in [6, 6.07) is 27.9. The molecule has 1 aliphatic heterocycles. The number of rotatable bonds is 7. The minimum Gasteiger partial charge on any atom is -0.488 e. The van der Waals surface area contributed by atoms with Crippen molar-refractivity contribution in [3.8, 4) is 5.75 Å². The SMILES string of the molecule is CCCOc1cc(N(c2ccccc2)c2ccccc2)ccc1[S+]1CCCC1. The molecule has 0 unspecified atom stereocenters. The topological polar surface area (TPSA) is 12.5 Å². The van der Waals surface area contributed by atoms with Crippen LogP contribution >= 0.6 is 0 Å². The molecule has 2 nitrogen and oxygen atoms in total. The minimum absolute atomic E-state index is 0.340. The molecule has 0 saturated carbocycles. The van der Waals surface area contributed by atoms with Gasteiger partial charge in [0.15, 0.2) is 10.6 Å². The molecule has 4 rings (SSSR count). The zero-order valence-electron chi connectivity index (χ0n) is 16.5. The summed E-state index contributed by atoms with van der Waals surface area (Å²) in [5.41, 5.74) is 3.47. The Morgan fingerprint density at radius 1 is 0.786 bits per heavy atom. The third-order valence-corrected chi connectivity index (χ3v) is 7.54. The first kappa shape index (κ1) is 18.9. The van der Waals surface area contributed by atoms with E-state index in [1.54, 1.807) is 0 Å². The van der Waals surface area contributed by atoms with Crippen LogP contribution in [-0.2, 0) is 10.9 Å². The Bertz CT molecular complexity index is 836. The average molecular weight is 391 g/mol. The molecule has 1 heterocycles. The van der Waals surface area contributed by atoms with Crippen LogP contribution in [0.25, 0.3) is 0 Å². The Morgan fingerprint density at radius 2 is 1.39 bits per heavy atom. The Labute approximate surface area is 171 Å². The fraction of sp³-hybridized carbons (Fsp3) is 0.280. The maximum atomic E-state index is 6.24. The zero-order chi connectivity index (χ0) is 19.2. The van der Waals surface area contributed by atoms with E-state index in [4.69, 9.17) is 4.74 Å². The maximum absolute atomic E-state index is 6.24. The molecule has 3 aromatic rings. The first-order valence-corrected chi connectivity index (χ1v) is 11.8. The summed E-state index contributed by atoms with van der Waals surface area (Å²) in [6.07, 6.45) is 3.72. The molecule has 1 aliphatic rings. The third-order valence-electron chi connectivity index (χ3n) is 5.02. The predicted octanol–water partition coefficient (Wildman–Crippen LogP) is 6.72. The first-order valence-electron chi connectivity index (χ1n) is 10.2. The van der Waals surface area contributed by atoms with Gasteiger partial charge in [0.25, 0.3) is 0 Å². The van der Waals surface area contributed by atoms with Gasteiger partial charge in [-0.05, 0) is 55.7 Å². The van der Waals surface area contributed by atoms with Gasteiger partial charge >= 0.3 is 0 Å². The molecule has 3 heteroatoms. The highest BCUT2D eigenvalue weighted by atomic mass is 32.2. The molecule has 0 radical (unpaired) electrons. The van der Waals surface area contributed by atoms with E-state index in [0.29, 0.717) is 10.9 Å². The molecular weight excluding hydrogens is 362 g/mol. The number of para-hydroxylation sites is 2. The molecular formula is C25H28NOS+. The molecule has 0 atom stereocenters. The Balaban J connectivity index is 1.77. The highest BCUT2D eigenvalue weighted by Crippen LogP contribution is 2.39. The molecule has 0 N–H and O–H groups in total. The highest BCUT2D eigenvalue weighted by Gasteiger charge is 2.31. The number of hydrogen-bond acceptors (Lipinski definition) is 2. The summed E-state index contributed by atoms with van der Waals surface area (Å²) in [7, 11) is 0.340. The normalized spacial score (nSPS) is 14.2. The summed E-state index contributed by atoms with van der Waals surface area (Å²) in [5.74, 6) is 3.69. The summed E-state index contributed by atoms with van der Waals surface area (Å²) in [4.78, 5) is 3.72. The van der Waals surface area contributed by atoms with Gasteiger partial charge in [-0.25, -0.2) is 0 Å². The molecule has 0 amide bonds. The number of nitrogens with zero attached hydrogens (tertiary/aromatic N) is 1. The van der Waals surface area contributed by atoms with Crippen LogP contribution in [0.2, 0.25) is 0 Å². The fourth-order valence-electron chi connectivity index (χ4n) is 3.68. The van der Waals surface area contributed by atoms with E-state index in [2.05, 4.69) is 90.7 Å². The predicted molar refractivity (Wildman–Crippen MR) is 122 cm³/mol. The molecule has 1 fully saturated rings. The van der Waals surface area contributed by atoms with Gasteiger partial charge in [-0.15, -0.1) is 0 Å². The lowest BCUT2D eigenvalue weighted by Crippen LogP contribution is -2.12. The Kier molecular flexibility index (Phi) is 6.23. The molecule has 0 aliphatic carbocycles. The van der Waals surface area contributed by atoms with Gasteiger partial charge in [0.05, 0.1) is 12.3 Å². The van der Waals surface area contributed by atoms with Gasteiger partial charge in [0.1, 0.15) is 11.5 Å². The van der Waals surface area contributed by atoms with E-state index in [1.165, 1.54) is 29.2 Å². The van der Waals surface area contributed by atoms with E-state index in [1.807, 2.05) is 0 Å². The second-order valence-electron chi connectivity index (χ2n) is 7.09. The molecule has 0 aromatic heterocycles. The van der Waals surface area contributed by atoms with E-state index in [-0.39, 0.29) is 0 Å². The summed E-state index contributed by atoms with van der Waals surface area (Å²) < 4.78 is 6.24. The summed E-state index contributed by atoms with van der Waals surface area (Å²) in [5, 5.41) is 0. The van der Waals surface area contributed by atoms with Crippen molar-refractivity contribution in [1.82, 2.24) is 0 Å². The largest absolute Gasteiger partial charge is 0.488 e. The fourth-order valence-corrected chi connectivity index (χ4v) is 6.09. The standard InChI is InChI=1S/C25H28NOS/c1-2-17-27-24-20-23(15-16-25(24)28-18-9-10-19-28)26(21-11-5-3-6-12-21)22-13-7-4-8-14-22/h3-8,11-16,20H,2,9-10,17-19H2,1H3/q+1. The van der Waals surface area contributed by atoms with Gasteiger partial charge in [-0.1, -0.05) is 43.3 Å². The maximum Gasteiger partial charge on any atom is 0.196 e. The van der Waals surface area contributed by atoms with Crippen LogP contribution in [0.1, 0.15) is 26.2 Å². The van der Waals surface area contributed by atoms with Crippen molar-refractivity contribution in [2.45, 2.75) is 31.1 Å². The van der Waals surface area contributed by atoms with Crippen molar-refractivity contribution in [3.63, 3.8) is 0 Å². The van der Waals surface area contributed by atoms with Crippen LogP contribution in [0, 0.1) is 0 Å². The highest BCUT2D eigenvalue weighted by molar-refractivity contribution is 7.97. The smallest absolute Gasteiger partial charge is 0.196 e. The van der Waals surface area contributed by atoms with Crippen LogP contribution in [0.15, 0.2) is 83.8 Å². The molecule has 0 spiro atoms. The van der Waals surface area contributed by atoms with Crippen molar-refractivity contribution in [1.29, 1.82) is 0 Å². The summed E-state index contributed by atoms with van der Waals surface area (Å²) in [6.45, 7) is 2.94. The third kappa shape index (κ3) is 4.20. The van der Waals surface area contributed by atoms with E-state index in [0.717, 1.165) is 35.8 Å². The van der Waals surface area contributed by atoms with Crippen LogP contribution in [0.4, 0.5) is 17.1 Å². The molecule has 1 saturated heterocycles. The molecule has 3 aromatic carbocycles. The van der Waals surface area contributed by atoms with Gasteiger partial charge in [-0.2, -0.15) is 0 Å². The molecule has 28 heavy (non-hydrogen) atoms. The van der Waals surface area contributed by atoms with Crippen molar-refractivity contribution in [3.05, 3.63) is 78.9 Å². The van der Waals surface area contributed by atoms with E-state index in [9.17, 15) is 0 Å². The van der Waals surface area contributed by atoms with Crippen LogP contribution in [0.3, 0.4) is 0 Å². The monoisotopic (exact) mass is 390 g/mol. The van der Waals surface area contributed by atoms with Crippen molar-refractivity contribution >= 4 is 28.0 Å². The first-order chi connectivity index (χ1) is 13.9. The van der Waals surface area contributed by atoms with Crippen LogP contribution in [0.5, 0.6) is 5.75 Å². The van der Waals surface area contributed by atoms with Gasteiger partial charge in [0, 0.05) is 28.3 Å². The Morgan fingerprint density at radius 3 is 1.96 bits per heavy atom. The Hall–Kier alpha value is -2.39. The van der Waals surface area contributed by atoms with Crippen LogP contribution < -0.4 is 9.64 Å². The molecule has 144 valence electrons. The quantitative estimate of drug-likeness (QED) is 0.415. The summed E-state index contributed by atoms with van der Waals surface area (Å²) >= 11 is 0. The lowest BCUT2D eigenvalue weighted by atomic mass is 10.2. The average Bonchev–Trinajstić information content (AvgIpc) is 3.29. The number of anilines is 3.